The number of esters is 3. The van der Waals surface area contributed by atoms with Gasteiger partial charge in [-0.1, -0.05) is 13.8 Å². The smallest absolute Gasteiger partial charge is 0.434 e. The van der Waals surface area contributed by atoms with Crippen molar-refractivity contribution in [3.63, 3.8) is 0 Å². The molecule has 0 aromatic carbocycles. The molecule has 11 atom stereocenters. The van der Waals surface area contributed by atoms with Gasteiger partial charge in [-0.05, 0) is 42.9 Å². The number of rotatable bonds is 4. The van der Waals surface area contributed by atoms with Gasteiger partial charge in [0.15, 0.2) is 0 Å². The molecule has 190 valence electrons. The molecule has 11 unspecified atom stereocenters. The third-order valence-corrected chi connectivity index (χ3v) is 9.10. The minimum absolute atomic E-state index is 0.117. The van der Waals surface area contributed by atoms with Crippen molar-refractivity contribution in [2.45, 2.75) is 63.8 Å². The molecule has 4 bridgehead atoms. The predicted octanol–water partition coefficient (Wildman–Crippen LogP) is 3.67. The van der Waals surface area contributed by atoms with Gasteiger partial charge in [0.1, 0.15) is 12.2 Å². The topological polar surface area (TPSA) is 78.9 Å². The van der Waals surface area contributed by atoms with Gasteiger partial charge in [-0.25, -0.2) is 0 Å². The van der Waals surface area contributed by atoms with Crippen LogP contribution in [-0.2, 0) is 28.6 Å². The fraction of sp³-hybridized carbons (Fsp3) is 0.864. The Balaban J connectivity index is 1.33. The van der Waals surface area contributed by atoms with Crippen molar-refractivity contribution in [3.05, 3.63) is 0 Å². The Labute approximate surface area is 190 Å². The number of ether oxygens (including phenoxy) is 3. The molecule has 12 heteroatoms. The highest BCUT2D eigenvalue weighted by Gasteiger charge is 2.71. The van der Waals surface area contributed by atoms with Crippen molar-refractivity contribution in [3.8, 4) is 0 Å². The molecule has 6 nitrogen and oxygen atoms in total. The third kappa shape index (κ3) is 3.41. The van der Waals surface area contributed by atoms with Crippen molar-refractivity contribution in [2.75, 3.05) is 0 Å². The zero-order valence-corrected chi connectivity index (χ0v) is 18.3. The van der Waals surface area contributed by atoms with Gasteiger partial charge in [-0.3, -0.25) is 14.4 Å². The molecule has 34 heavy (non-hydrogen) atoms. The normalized spacial score (nSPS) is 44.6. The third-order valence-electron chi connectivity index (χ3n) is 9.10. The number of hydrogen-bond acceptors (Lipinski definition) is 6. The molecule has 1 aliphatic heterocycles. The summed E-state index contributed by atoms with van der Waals surface area (Å²) in [6.07, 6.45) is -16.3. The van der Waals surface area contributed by atoms with Crippen LogP contribution in [0, 0.1) is 53.3 Å². The molecular weight excluding hydrogens is 474 g/mol. The van der Waals surface area contributed by atoms with Crippen LogP contribution in [0.3, 0.4) is 0 Å². The van der Waals surface area contributed by atoms with Gasteiger partial charge >= 0.3 is 30.3 Å². The Morgan fingerprint density at radius 1 is 0.912 bits per heavy atom. The van der Waals surface area contributed by atoms with E-state index in [4.69, 9.17) is 9.47 Å². The molecule has 0 spiro atoms. The maximum absolute atomic E-state index is 13.0. The molecule has 0 radical (unpaired) electrons. The molecule has 5 fully saturated rings. The Bertz CT molecular complexity index is 885. The van der Waals surface area contributed by atoms with Gasteiger partial charge in [0, 0.05) is 11.8 Å². The van der Waals surface area contributed by atoms with Crippen LogP contribution in [-0.4, -0.2) is 48.6 Å². The number of carbonyl (C=O) groups is 3. The average molecular weight is 498 g/mol. The first kappa shape index (κ1) is 23.7. The van der Waals surface area contributed by atoms with Crippen LogP contribution in [0.2, 0.25) is 0 Å². The highest BCUT2D eigenvalue weighted by Crippen LogP contribution is 2.60. The van der Waals surface area contributed by atoms with Crippen LogP contribution >= 0.6 is 0 Å². The van der Waals surface area contributed by atoms with E-state index in [1.54, 1.807) is 0 Å². The lowest BCUT2D eigenvalue weighted by Crippen LogP contribution is -2.49. The highest BCUT2D eigenvalue weighted by atomic mass is 19.4. The zero-order chi connectivity index (χ0) is 24.9. The molecule has 0 aromatic heterocycles. The number of halogens is 6. The first-order chi connectivity index (χ1) is 15.7. The number of alkyl halides is 6. The largest absolute Gasteiger partial charge is 0.458 e. The van der Waals surface area contributed by atoms with Crippen LogP contribution in [0.4, 0.5) is 26.3 Å². The second-order valence-corrected chi connectivity index (χ2v) is 10.5. The molecule has 0 N–H and O–H groups in total. The molecule has 0 aromatic rings. The van der Waals surface area contributed by atoms with Gasteiger partial charge in [0.2, 0.25) is 0 Å². The van der Waals surface area contributed by atoms with Gasteiger partial charge in [-0.15, -0.1) is 0 Å². The second-order valence-electron chi connectivity index (χ2n) is 10.5. The zero-order valence-electron chi connectivity index (χ0n) is 18.3. The molecule has 5 rings (SSSR count). The van der Waals surface area contributed by atoms with Crippen LogP contribution < -0.4 is 0 Å². The lowest BCUT2D eigenvalue weighted by Gasteiger charge is -2.34. The average Bonchev–Trinajstić information content (AvgIpc) is 3.48. The number of fused-ring (bicyclic) bond motifs is 3. The summed E-state index contributed by atoms with van der Waals surface area (Å²) in [5.74, 6) is -6.62. The van der Waals surface area contributed by atoms with Crippen LogP contribution in [0.5, 0.6) is 0 Å². The van der Waals surface area contributed by atoms with E-state index in [0.29, 0.717) is 24.2 Å². The van der Waals surface area contributed by atoms with Crippen molar-refractivity contribution < 1.29 is 54.9 Å². The lowest BCUT2D eigenvalue weighted by molar-refractivity contribution is -0.315. The molecule has 4 aliphatic carbocycles. The first-order valence-corrected chi connectivity index (χ1v) is 11.4. The standard InChI is InChI=1S/C22H24F6O6/c1-6-7(2)9-3-8(6)4-10(9)17(29)32-15-12-5-11-13(18(30)33-16(11)15)14(12)19(31)34-20(21(23,24)25)22(26,27)28/h6-16,20H,3-5H2,1-2H3. The summed E-state index contributed by atoms with van der Waals surface area (Å²) < 4.78 is 92.3. The monoisotopic (exact) mass is 498 g/mol. The maximum atomic E-state index is 13.0. The quantitative estimate of drug-likeness (QED) is 0.335. The van der Waals surface area contributed by atoms with E-state index in [0.717, 1.165) is 6.42 Å². The fourth-order valence-electron chi connectivity index (χ4n) is 7.42. The van der Waals surface area contributed by atoms with E-state index >= 15 is 0 Å². The summed E-state index contributed by atoms with van der Waals surface area (Å²) in [5.41, 5.74) is 0. The summed E-state index contributed by atoms with van der Waals surface area (Å²) in [6.45, 7) is 4.20. The van der Waals surface area contributed by atoms with E-state index < -0.39 is 72.2 Å². The molecular formula is C22H24F6O6. The van der Waals surface area contributed by atoms with Gasteiger partial charge in [0.05, 0.1) is 17.8 Å². The second kappa shape index (κ2) is 7.49. The summed E-state index contributed by atoms with van der Waals surface area (Å²) >= 11 is 0. The Morgan fingerprint density at radius 2 is 1.56 bits per heavy atom. The molecule has 1 saturated heterocycles. The minimum Gasteiger partial charge on any atom is -0.458 e. The Morgan fingerprint density at radius 3 is 2.12 bits per heavy atom. The first-order valence-electron chi connectivity index (χ1n) is 11.4. The molecule has 0 amide bonds. The van der Waals surface area contributed by atoms with E-state index in [1.807, 2.05) is 0 Å². The number of hydrogen-bond donors (Lipinski definition) is 0. The predicted molar refractivity (Wildman–Crippen MR) is 98.4 cm³/mol. The van der Waals surface area contributed by atoms with Crippen LogP contribution in [0.1, 0.15) is 33.1 Å². The van der Waals surface area contributed by atoms with Crippen LogP contribution in [0.15, 0.2) is 0 Å². The maximum Gasteiger partial charge on any atom is 0.434 e. The van der Waals surface area contributed by atoms with Crippen molar-refractivity contribution in [2.24, 2.45) is 53.3 Å². The van der Waals surface area contributed by atoms with Crippen LogP contribution in [0.25, 0.3) is 0 Å². The minimum atomic E-state index is -5.87. The molecule has 1 heterocycles. The summed E-state index contributed by atoms with van der Waals surface area (Å²) in [4.78, 5) is 37.9. The Kier molecular flexibility index (Phi) is 5.23. The van der Waals surface area contributed by atoms with Gasteiger partial charge in [0.25, 0.3) is 6.10 Å². The summed E-state index contributed by atoms with van der Waals surface area (Å²) in [7, 11) is 0. The lowest BCUT2D eigenvalue weighted by atomic mass is 9.75. The summed E-state index contributed by atoms with van der Waals surface area (Å²) in [5, 5.41) is 0. The fourth-order valence-corrected chi connectivity index (χ4v) is 7.42. The van der Waals surface area contributed by atoms with Crippen molar-refractivity contribution in [1.29, 1.82) is 0 Å². The SMILES string of the molecule is CC1C2CC(C(=O)OC3C4CC5C3OC(=O)C5C4C(=O)OC(C(F)(F)F)C(F)(F)F)C(C2)C1C. The van der Waals surface area contributed by atoms with E-state index in [1.165, 1.54) is 0 Å². The molecule has 5 aliphatic rings. The van der Waals surface area contributed by atoms with E-state index in [-0.39, 0.29) is 18.3 Å². The van der Waals surface area contributed by atoms with Gasteiger partial charge in [-0.2, -0.15) is 26.3 Å². The number of carbonyl (C=O) groups excluding carboxylic acids is 3. The highest BCUT2D eigenvalue weighted by molar-refractivity contribution is 5.86. The Hall–Kier alpha value is -2.01. The molecule has 4 saturated carbocycles. The van der Waals surface area contributed by atoms with Gasteiger partial charge < -0.3 is 14.2 Å². The summed E-state index contributed by atoms with van der Waals surface area (Å²) in [6, 6.07) is 0. The van der Waals surface area contributed by atoms with E-state index in [2.05, 4.69) is 18.6 Å². The van der Waals surface area contributed by atoms with E-state index in [9.17, 15) is 40.7 Å². The van der Waals surface area contributed by atoms with Crippen molar-refractivity contribution >= 4 is 17.9 Å². The van der Waals surface area contributed by atoms with Crippen molar-refractivity contribution in [1.82, 2.24) is 0 Å².